The maximum absolute atomic E-state index is 11.9. The number of aliphatic carboxylic acids is 1. The third-order valence-electron chi connectivity index (χ3n) is 2.66. The van der Waals surface area contributed by atoms with E-state index in [4.69, 9.17) is 5.11 Å². The summed E-state index contributed by atoms with van der Waals surface area (Å²) in [7, 11) is -1.58. The number of amides is 1. The number of carbonyl (C=O) groups is 2. The summed E-state index contributed by atoms with van der Waals surface area (Å²) in [5.74, 6) is -1.62. The van der Waals surface area contributed by atoms with Gasteiger partial charge in [-0.1, -0.05) is 17.7 Å². The van der Waals surface area contributed by atoms with Crippen molar-refractivity contribution in [2.75, 3.05) is 12.3 Å². The summed E-state index contributed by atoms with van der Waals surface area (Å²) in [5, 5.41) is 8.93. The summed E-state index contributed by atoms with van der Waals surface area (Å²) in [5.41, 5.74) is 0. The molecule has 0 aromatic heterocycles. The summed E-state index contributed by atoms with van der Waals surface area (Å²) in [6, 6.07) is -0.757. The highest BCUT2D eigenvalue weighted by molar-refractivity contribution is 8.67. The lowest BCUT2D eigenvalue weighted by molar-refractivity contribution is -0.149. The van der Waals surface area contributed by atoms with Gasteiger partial charge in [0, 0.05) is 28.3 Å². The van der Waals surface area contributed by atoms with Crippen molar-refractivity contribution in [1.29, 1.82) is 0 Å². The van der Waals surface area contributed by atoms with Crippen LogP contribution in [-0.4, -0.2) is 49.0 Å². The minimum absolute atomic E-state index is 0.151. The van der Waals surface area contributed by atoms with Crippen molar-refractivity contribution in [3.8, 4) is 0 Å². The molecule has 0 spiro atoms. The van der Waals surface area contributed by atoms with Gasteiger partial charge in [-0.25, -0.2) is 4.79 Å². The maximum atomic E-state index is 11.9. The van der Waals surface area contributed by atoms with E-state index in [9.17, 15) is 18.4 Å². The number of carboxylic acids is 1. The second-order valence-corrected chi connectivity index (χ2v) is 6.42. The van der Waals surface area contributed by atoms with E-state index in [2.05, 4.69) is 0 Å². The zero-order valence-electron chi connectivity index (χ0n) is 9.33. The van der Waals surface area contributed by atoms with Crippen molar-refractivity contribution < 1.29 is 23.5 Å². The first-order chi connectivity index (χ1) is 7.93. The van der Waals surface area contributed by atoms with Crippen LogP contribution in [-0.2, 0) is 19.7 Å². The summed E-state index contributed by atoms with van der Waals surface area (Å²) in [6.07, 6.45) is 1.14. The third kappa shape index (κ3) is 3.97. The molecule has 8 heteroatoms. The van der Waals surface area contributed by atoms with Crippen LogP contribution in [0, 0.1) is 5.92 Å². The predicted molar refractivity (Wildman–Crippen MR) is 62.9 cm³/mol. The zero-order chi connectivity index (χ0) is 13.0. The zero-order valence-corrected chi connectivity index (χ0v) is 11.0. The smallest absolute Gasteiger partial charge is 0.326 e. The van der Waals surface area contributed by atoms with E-state index in [0.29, 0.717) is 30.2 Å². The van der Waals surface area contributed by atoms with Crippen LogP contribution in [0.15, 0.2) is 0 Å². The molecule has 0 aromatic rings. The van der Waals surface area contributed by atoms with Crippen LogP contribution < -0.4 is 0 Å². The summed E-state index contributed by atoms with van der Waals surface area (Å²) >= 11 is 0. The SMILES string of the molecule is C[C@@H](CSS(=O)[O-])C(=O)N1CCC[C@H]1C(=O)O. The molecule has 3 atom stereocenters. The van der Waals surface area contributed by atoms with Gasteiger partial charge in [0.2, 0.25) is 5.91 Å². The van der Waals surface area contributed by atoms with Gasteiger partial charge in [-0.15, -0.1) is 0 Å². The molecule has 1 aliphatic heterocycles. The van der Waals surface area contributed by atoms with Gasteiger partial charge in [0.1, 0.15) is 6.04 Å². The number of likely N-dealkylation sites (tertiary alicyclic amines) is 1. The Bertz CT molecular complexity index is 335. The number of hydrogen-bond donors (Lipinski definition) is 1. The average Bonchev–Trinajstić information content (AvgIpc) is 2.73. The lowest BCUT2D eigenvalue weighted by atomic mass is 10.1. The van der Waals surface area contributed by atoms with Gasteiger partial charge in [-0.2, -0.15) is 0 Å². The molecule has 1 rings (SSSR count). The fourth-order valence-corrected chi connectivity index (χ4v) is 3.20. The second-order valence-electron chi connectivity index (χ2n) is 3.92. The standard InChI is InChI=1S/C9H15NO5S2/c1-6(5-16-17(14)15)8(11)10-4-2-3-7(10)9(12)13/h6-7H,2-5H2,1H3,(H,12,13)(H,14,15)/p-1/t6-,7-/m0/s1. The Kier molecular flexibility index (Phi) is 5.41. The number of nitrogens with zero attached hydrogens (tertiary/aromatic N) is 1. The van der Waals surface area contributed by atoms with Gasteiger partial charge in [0.25, 0.3) is 0 Å². The number of carbonyl (C=O) groups excluding carboxylic acids is 1. The highest BCUT2D eigenvalue weighted by Gasteiger charge is 2.35. The monoisotopic (exact) mass is 280 g/mol. The van der Waals surface area contributed by atoms with Gasteiger partial charge in [-0.3, -0.25) is 9.00 Å². The van der Waals surface area contributed by atoms with Crippen LogP contribution in [0.1, 0.15) is 19.8 Å². The molecule has 0 aromatic carbocycles. The molecular formula is C9H14NO5S2-. The molecule has 0 radical (unpaired) electrons. The molecular weight excluding hydrogens is 266 g/mol. The van der Waals surface area contributed by atoms with E-state index in [0.717, 1.165) is 0 Å². The van der Waals surface area contributed by atoms with E-state index in [1.165, 1.54) is 4.90 Å². The lowest BCUT2D eigenvalue weighted by Gasteiger charge is -2.24. The van der Waals surface area contributed by atoms with Crippen LogP contribution in [0.25, 0.3) is 0 Å². The van der Waals surface area contributed by atoms with Crippen molar-refractivity contribution in [1.82, 2.24) is 4.90 Å². The molecule has 0 bridgehead atoms. The van der Waals surface area contributed by atoms with E-state index >= 15 is 0 Å². The second kappa shape index (κ2) is 6.36. The minimum atomic E-state index is -2.24. The summed E-state index contributed by atoms with van der Waals surface area (Å²) in [6.45, 7) is 2.05. The largest absolute Gasteiger partial charge is 0.764 e. The van der Waals surface area contributed by atoms with Crippen molar-refractivity contribution in [3.63, 3.8) is 0 Å². The average molecular weight is 280 g/mol. The first kappa shape index (κ1) is 14.5. The Balaban J connectivity index is 2.56. The van der Waals surface area contributed by atoms with Crippen LogP contribution in [0.4, 0.5) is 0 Å². The van der Waals surface area contributed by atoms with E-state index < -0.39 is 28.0 Å². The molecule has 6 nitrogen and oxygen atoms in total. The van der Waals surface area contributed by atoms with Gasteiger partial charge >= 0.3 is 5.97 Å². The Morgan fingerprint density at radius 3 is 2.82 bits per heavy atom. The highest BCUT2D eigenvalue weighted by Crippen LogP contribution is 2.22. The Morgan fingerprint density at radius 1 is 1.65 bits per heavy atom. The van der Waals surface area contributed by atoms with Crippen LogP contribution >= 0.6 is 10.8 Å². The van der Waals surface area contributed by atoms with Crippen molar-refractivity contribution in [2.45, 2.75) is 25.8 Å². The lowest BCUT2D eigenvalue weighted by Crippen LogP contribution is -2.43. The number of carboxylic acid groups (broad SMARTS) is 1. The fourth-order valence-electron chi connectivity index (χ4n) is 1.80. The van der Waals surface area contributed by atoms with Crippen molar-refractivity contribution >= 4 is 32.8 Å². The van der Waals surface area contributed by atoms with E-state index in [1.807, 2.05) is 0 Å². The molecule has 17 heavy (non-hydrogen) atoms. The molecule has 1 heterocycles. The molecule has 1 N–H and O–H groups in total. The molecule has 0 aliphatic carbocycles. The highest BCUT2D eigenvalue weighted by atomic mass is 33.1. The van der Waals surface area contributed by atoms with Crippen molar-refractivity contribution in [2.24, 2.45) is 5.92 Å². The molecule has 1 saturated heterocycles. The molecule has 1 amide bonds. The topological polar surface area (TPSA) is 97.7 Å². The number of hydrogen-bond acceptors (Lipinski definition) is 5. The summed E-state index contributed by atoms with van der Waals surface area (Å²) < 4.78 is 20.7. The third-order valence-corrected chi connectivity index (χ3v) is 4.47. The van der Waals surface area contributed by atoms with E-state index in [1.54, 1.807) is 6.92 Å². The van der Waals surface area contributed by atoms with E-state index in [-0.39, 0.29) is 11.7 Å². The first-order valence-electron chi connectivity index (χ1n) is 5.19. The molecule has 1 fully saturated rings. The van der Waals surface area contributed by atoms with Crippen molar-refractivity contribution in [3.05, 3.63) is 0 Å². The predicted octanol–water partition coefficient (Wildman–Crippen LogP) is 0.225. The van der Waals surface area contributed by atoms with Gasteiger partial charge in [0.15, 0.2) is 0 Å². The fraction of sp³-hybridized carbons (Fsp3) is 0.778. The summed E-state index contributed by atoms with van der Waals surface area (Å²) in [4.78, 5) is 24.2. The molecule has 98 valence electrons. The Morgan fingerprint density at radius 2 is 2.29 bits per heavy atom. The Labute approximate surface area is 105 Å². The van der Waals surface area contributed by atoms with Gasteiger partial charge < -0.3 is 14.6 Å². The van der Waals surface area contributed by atoms with Gasteiger partial charge in [0.05, 0.1) is 0 Å². The normalized spacial score (nSPS) is 23.4. The van der Waals surface area contributed by atoms with Crippen LogP contribution in [0.3, 0.4) is 0 Å². The van der Waals surface area contributed by atoms with Gasteiger partial charge in [-0.05, 0) is 12.8 Å². The molecule has 1 unspecified atom stereocenters. The maximum Gasteiger partial charge on any atom is 0.326 e. The molecule has 1 aliphatic rings. The van der Waals surface area contributed by atoms with Crippen LogP contribution in [0.2, 0.25) is 0 Å². The Hall–Kier alpha value is -0.600. The van der Waals surface area contributed by atoms with Crippen LogP contribution in [0.5, 0.6) is 0 Å². The quantitative estimate of drug-likeness (QED) is 0.571. The number of rotatable bonds is 5. The minimum Gasteiger partial charge on any atom is -0.764 e. The first-order valence-corrected chi connectivity index (χ1v) is 7.77. The molecule has 0 saturated carbocycles.